The molecule has 0 aliphatic heterocycles. The van der Waals surface area contributed by atoms with E-state index in [0.29, 0.717) is 0 Å². The first kappa shape index (κ1) is 25.5. The van der Waals surface area contributed by atoms with E-state index < -0.39 is 0 Å². The van der Waals surface area contributed by atoms with Crippen LogP contribution in [0.25, 0.3) is 67.9 Å². The summed E-state index contributed by atoms with van der Waals surface area (Å²) in [6.45, 7) is 4.79. The largest absolute Gasteiger partial charge is 0.278 e. The zero-order valence-electron chi connectivity index (χ0n) is 25.1. The molecule has 3 aliphatic rings. The number of nitrogens with zero attached hydrogens (tertiary/aromatic N) is 3. The van der Waals surface area contributed by atoms with E-state index in [1.165, 1.54) is 44.1 Å². The Balaban J connectivity index is 1.31. The summed E-state index contributed by atoms with van der Waals surface area (Å²) >= 11 is 0. The van der Waals surface area contributed by atoms with Gasteiger partial charge >= 0.3 is 0 Å². The fourth-order valence-electron chi connectivity index (χ4n) is 7.84. The average molecular weight is 568 g/mol. The van der Waals surface area contributed by atoms with E-state index in [2.05, 4.69) is 134 Å². The molecule has 0 spiro atoms. The molecule has 0 amide bonds. The third-order valence-electron chi connectivity index (χ3n) is 9.99. The highest BCUT2D eigenvalue weighted by Gasteiger charge is 2.39. The van der Waals surface area contributed by atoms with Gasteiger partial charge in [0.1, 0.15) is 0 Å². The number of para-hydroxylation sites is 1. The monoisotopic (exact) mass is 567 g/mol. The van der Waals surface area contributed by atoms with Crippen LogP contribution in [0, 0.1) is 0 Å². The minimum Gasteiger partial charge on any atom is -0.278 e. The van der Waals surface area contributed by atoms with Gasteiger partial charge < -0.3 is 0 Å². The highest BCUT2D eigenvalue weighted by Crippen LogP contribution is 2.53. The van der Waals surface area contributed by atoms with Crippen molar-refractivity contribution < 1.29 is 0 Å². The lowest BCUT2D eigenvalue weighted by atomic mass is 9.78. The Labute approximate surface area is 257 Å². The van der Waals surface area contributed by atoms with Crippen LogP contribution in [0.5, 0.6) is 0 Å². The Kier molecular flexibility index (Phi) is 5.49. The van der Waals surface area contributed by atoms with Crippen molar-refractivity contribution in [2.24, 2.45) is 0 Å². The van der Waals surface area contributed by atoms with Crippen molar-refractivity contribution >= 4 is 39.5 Å². The van der Waals surface area contributed by atoms with Gasteiger partial charge in [0.05, 0.1) is 22.1 Å². The third-order valence-corrected chi connectivity index (χ3v) is 9.99. The predicted molar refractivity (Wildman–Crippen MR) is 183 cm³/mol. The SMILES string of the molecule is CC1(C)C2=C(C=CCC2)c2c1ccc1c2c2ccccc2n1-c1nc(-c2ccc(-c3ccccc3)cc2)c2c(n1)=CCCC=2. The Morgan fingerprint density at radius 2 is 1.43 bits per heavy atom. The minimum atomic E-state index is 0.0268. The van der Waals surface area contributed by atoms with Crippen molar-refractivity contribution in [3.8, 4) is 28.3 Å². The lowest BCUT2D eigenvalue weighted by Crippen LogP contribution is -2.34. The molecule has 6 aromatic rings. The quantitative estimate of drug-likeness (QED) is 0.214. The van der Waals surface area contributed by atoms with Crippen molar-refractivity contribution in [2.75, 3.05) is 0 Å². The van der Waals surface area contributed by atoms with E-state index in [1.807, 2.05) is 0 Å². The molecule has 0 radical (unpaired) electrons. The normalized spacial score (nSPS) is 16.4. The molecule has 0 fully saturated rings. The second-order valence-corrected chi connectivity index (χ2v) is 12.8. The molecule has 0 saturated heterocycles. The first-order chi connectivity index (χ1) is 21.6. The first-order valence-corrected chi connectivity index (χ1v) is 15.8. The standard InChI is InChI=1S/C41H33N3/c1-41(2)32-17-9-6-14-29(32)37-33(41)24-25-36-38(37)31-16-8-11-19-35(31)44(36)40-42-34-18-10-7-15-30(34)39(43-40)28-22-20-27(21-23-28)26-12-4-3-5-13-26/h3-6,8,11-16,18-25H,7,9-10,17H2,1-2H3. The van der Waals surface area contributed by atoms with Crippen molar-refractivity contribution in [3.63, 3.8) is 0 Å². The summed E-state index contributed by atoms with van der Waals surface area (Å²) < 4.78 is 2.30. The molecule has 0 unspecified atom stereocenters. The molecule has 0 bridgehead atoms. The van der Waals surface area contributed by atoms with E-state index in [9.17, 15) is 0 Å². The molecule has 2 heterocycles. The Morgan fingerprint density at radius 3 is 2.30 bits per heavy atom. The molecule has 212 valence electrons. The molecule has 0 N–H and O–H groups in total. The number of fused-ring (bicyclic) bond motifs is 7. The van der Waals surface area contributed by atoms with E-state index in [-0.39, 0.29) is 5.41 Å². The van der Waals surface area contributed by atoms with Crippen LogP contribution in [-0.4, -0.2) is 14.5 Å². The van der Waals surface area contributed by atoms with Crippen LogP contribution in [0.1, 0.15) is 50.7 Å². The number of hydrogen-bond donors (Lipinski definition) is 0. The number of aromatic nitrogens is 3. The van der Waals surface area contributed by atoms with Crippen molar-refractivity contribution in [3.05, 3.63) is 130 Å². The van der Waals surface area contributed by atoms with Crippen LogP contribution in [0.4, 0.5) is 0 Å². The van der Waals surface area contributed by atoms with Crippen molar-refractivity contribution in [1.82, 2.24) is 14.5 Å². The zero-order valence-corrected chi connectivity index (χ0v) is 25.1. The molecule has 3 heteroatoms. The van der Waals surface area contributed by atoms with Gasteiger partial charge in [-0.25, -0.2) is 9.97 Å². The second kappa shape index (κ2) is 9.49. The van der Waals surface area contributed by atoms with E-state index in [1.54, 1.807) is 5.57 Å². The van der Waals surface area contributed by atoms with Gasteiger partial charge in [0.25, 0.3) is 0 Å². The van der Waals surface area contributed by atoms with E-state index in [0.717, 1.165) is 59.0 Å². The fraction of sp³-hybridized carbons (Fsp3) is 0.171. The lowest BCUT2D eigenvalue weighted by molar-refractivity contribution is 0.608. The minimum absolute atomic E-state index is 0.0268. The number of rotatable bonds is 3. The molecule has 4 aromatic carbocycles. The highest BCUT2D eigenvalue weighted by atomic mass is 15.2. The van der Waals surface area contributed by atoms with Crippen LogP contribution in [0.15, 0.2) is 109 Å². The smallest absolute Gasteiger partial charge is 0.235 e. The first-order valence-electron chi connectivity index (χ1n) is 15.8. The lowest BCUT2D eigenvalue weighted by Gasteiger charge is -2.25. The van der Waals surface area contributed by atoms with Crippen LogP contribution < -0.4 is 10.6 Å². The topological polar surface area (TPSA) is 30.7 Å². The summed E-state index contributed by atoms with van der Waals surface area (Å²) in [4.78, 5) is 10.6. The summed E-state index contributed by atoms with van der Waals surface area (Å²) in [5, 5.41) is 4.73. The van der Waals surface area contributed by atoms with Gasteiger partial charge in [0, 0.05) is 27.0 Å². The summed E-state index contributed by atoms with van der Waals surface area (Å²) in [5.74, 6) is 0.731. The number of allylic oxidation sites excluding steroid dienone is 4. The van der Waals surface area contributed by atoms with Crippen molar-refractivity contribution in [1.29, 1.82) is 0 Å². The van der Waals surface area contributed by atoms with Gasteiger partial charge in [-0.1, -0.05) is 123 Å². The Morgan fingerprint density at radius 1 is 0.682 bits per heavy atom. The fourth-order valence-corrected chi connectivity index (χ4v) is 7.84. The zero-order chi connectivity index (χ0) is 29.4. The second-order valence-electron chi connectivity index (χ2n) is 12.8. The maximum Gasteiger partial charge on any atom is 0.235 e. The Bertz CT molecular complexity index is 2330. The van der Waals surface area contributed by atoms with Gasteiger partial charge in [-0.15, -0.1) is 0 Å². The maximum atomic E-state index is 5.38. The average Bonchev–Trinajstić information content (AvgIpc) is 3.53. The maximum absolute atomic E-state index is 5.38. The summed E-state index contributed by atoms with van der Waals surface area (Å²) in [5.41, 5.74) is 12.7. The van der Waals surface area contributed by atoms with Gasteiger partial charge in [-0.3, -0.25) is 4.57 Å². The number of hydrogen-bond acceptors (Lipinski definition) is 2. The van der Waals surface area contributed by atoms with Gasteiger partial charge in [-0.05, 0) is 65.6 Å². The van der Waals surface area contributed by atoms with Crippen LogP contribution in [-0.2, 0) is 5.41 Å². The molecule has 0 saturated carbocycles. The molecular formula is C41H33N3. The molecule has 0 atom stereocenters. The summed E-state index contributed by atoms with van der Waals surface area (Å²) in [6, 6.07) is 32.8. The molecule has 2 aromatic heterocycles. The van der Waals surface area contributed by atoms with Crippen LogP contribution in [0.2, 0.25) is 0 Å². The summed E-state index contributed by atoms with van der Waals surface area (Å²) in [7, 11) is 0. The van der Waals surface area contributed by atoms with Crippen LogP contribution >= 0.6 is 0 Å². The molecule has 3 nitrogen and oxygen atoms in total. The van der Waals surface area contributed by atoms with Crippen molar-refractivity contribution in [2.45, 2.75) is 44.9 Å². The van der Waals surface area contributed by atoms with Gasteiger partial charge in [0.15, 0.2) is 0 Å². The summed E-state index contributed by atoms with van der Waals surface area (Å²) in [6.07, 6.45) is 13.5. The highest BCUT2D eigenvalue weighted by molar-refractivity contribution is 6.16. The van der Waals surface area contributed by atoms with Gasteiger partial charge in [0.2, 0.25) is 5.95 Å². The molecule has 9 rings (SSSR count). The number of benzene rings is 4. The Hall–Kier alpha value is -5.02. The molecule has 3 aliphatic carbocycles. The van der Waals surface area contributed by atoms with E-state index in [4.69, 9.17) is 9.97 Å². The third kappa shape index (κ3) is 3.62. The van der Waals surface area contributed by atoms with E-state index >= 15 is 0 Å². The van der Waals surface area contributed by atoms with Crippen LogP contribution in [0.3, 0.4) is 0 Å². The predicted octanol–water partition coefficient (Wildman–Crippen LogP) is 8.66. The molecular weight excluding hydrogens is 534 g/mol. The van der Waals surface area contributed by atoms with Gasteiger partial charge in [-0.2, -0.15) is 0 Å². The molecule has 44 heavy (non-hydrogen) atoms.